The van der Waals surface area contributed by atoms with E-state index in [-0.39, 0.29) is 5.56 Å². The lowest BCUT2D eigenvalue weighted by molar-refractivity contribution is 0.0696. The molecule has 0 heterocycles. The third kappa shape index (κ3) is 3.41. The summed E-state index contributed by atoms with van der Waals surface area (Å²) in [7, 11) is 0. The lowest BCUT2D eigenvalue weighted by Gasteiger charge is -2.11. The van der Waals surface area contributed by atoms with Crippen molar-refractivity contribution in [3.63, 3.8) is 0 Å². The fraction of sp³-hybridized carbons (Fsp3) is 0.364. The molecule has 1 atom stereocenters. The van der Waals surface area contributed by atoms with Crippen LogP contribution in [0.25, 0.3) is 0 Å². The van der Waals surface area contributed by atoms with Crippen molar-refractivity contribution in [1.29, 1.82) is 0 Å². The Balaban J connectivity index is 2.72. The SMILES string of the molecule is CSC(C)CNc1ccc(C(=O)O)cc1F. The quantitative estimate of drug-likeness (QED) is 0.834. The molecule has 0 aromatic heterocycles. The van der Waals surface area contributed by atoms with E-state index >= 15 is 0 Å². The lowest BCUT2D eigenvalue weighted by atomic mass is 10.2. The number of carboxylic acid groups (broad SMARTS) is 1. The van der Waals surface area contributed by atoms with Crippen LogP contribution in [-0.2, 0) is 0 Å². The summed E-state index contributed by atoms with van der Waals surface area (Å²) < 4.78 is 13.4. The number of hydrogen-bond donors (Lipinski definition) is 2. The molecule has 0 aliphatic carbocycles. The zero-order valence-corrected chi connectivity index (χ0v) is 9.97. The molecule has 0 saturated carbocycles. The average Bonchev–Trinajstić information content (AvgIpc) is 2.26. The van der Waals surface area contributed by atoms with E-state index < -0.39 is 11.8 Å². The summed E-state index contributed by atoms with van der Waals surface area (Å²) >= 11 is 1.68. The van der Waals surface area contributed by atoms with Crippen molar-refractivity contribution in [2.24, 2.45) is 0 Å². The summed E-state index contributed by atoms with van der Waals surface area (Å²) in [5.74, 6) is -1.66. The van der Waals surface area contributed by atoms with Crippen molar-refractivity contribution < 1.29 is 14.3 Å². The molecule has 0 spiro atoms. The molecule has 1 unspecified atom stereocenters. The van der Waals surface area contributed by atoms with Crippen LogP contribution in [0.2, 0.25) is 0 Å². The van der Waals surface area contributed by atoms with Crippen molar-refractivity contribution in [3.8, 4) is 0 Å². The third-order valence-electron chi connectivity index (χ3n) is 2.20. The highest BCUT2D eigenvalue weighted by molar-refractivity contribution is 7.99. The number of nitrogens with one attached hydrogen (secondary N) is 1. The Morgan fingerprint density at radius 1 is 1.62 bits per heavy atom. The first-order valence-electron chi connectivity index (χ1n) is 4.84. The molecule has 0 bridgehead atoms. The molecular formula is C11H14FNO2S. The van der Waals surface area contributed by atoms with E-state index in [4.69, 9.17) is 5.11 Å². The van der Waals surface area contributed by atoms with Gasteiger partial charge in [-0.15, -0.1) is 0 Å². The molecule has 5 heteroatoms. The van der Waals surface area contributed by atoms with Gasteiger partial charge < -0.3 is 10.4 Å². The van der Waals surface area contributed by atoms with Crippen LogP contribution in [-0.4, -0.2) is 29.1 Å². The summed E-state index contributed by atoms with van der Waals surface area (Å²) in [5.41, 5.74) is 0.298. The van der Waals surface area contributed by atoms with E-state index in [0.29, 0.717) is 17.5 Å². The number of rotatable bonds is 5. The van der Waals surface area contributed by atoms with Crippen LogP contribution in [0.5, 0.6) is 0 Å². The van der Waals surface area contributed by atoms with Gasteiger partial charge in [0.2, 0.25) is 0 Å². The van der Waals surface area contributed by atoms with Gasteiger partial charge in [0.1, 0.15) is 5.82 Å². The van der Waals surface area contributed by atoms with E-state index in [1.54, 1.807) is 11.8 Å². The number of hydrogen-bond acceptors (Lipinski definition) is 3. The summed E-state index contributed by atoms with van der Waals surface area (Å²) in [6.45, 7) is 2.67. The number of halogens is 1. The molecule has 0 aliphatic rings. The standard InChI is InChI=1S/C11H14FNO2S/c1-7(16-2)6-13-10-4-3-8(11(14)15)5-9(10)12/h3-5,7,13H,6H2,1-2H3,(H,14,15). The topological polar surface area (TPSA) is 49.3 Å². The Kier molecular flexibility index (Phi) is 4.61. The van der Waals surface area contributed by atoms with Gasteiger partial charge in [-0.25, -0.2) is 9.18 Å². The number of aromatic carboxylic acids is 1. The van der Waals surface area contributed by atoms with Gasteiger partial charge in [0.05, 0.1) is 11.3 Å². The molecule has 88 valence electrons. The summed E-state index contributed by atoms with van der Waals surface area (Å²) in [6, 6.07) is 3.86. The van der Waals surface area contributed by atoms with Gasteiger partial charge in [-0.3, -0.25) is 0 Å². The maximum atomic E-state index is 13.4. The Bertz CT molecular complexity index is 384. The highest BCUT2D eigenvalue weighted by atomic mass is 32.2. The Labute approximate surface area is 98.1 Å². The van der Waals surface area contributed by atoms with Gasteiger partial charge in [-0.2, -0.15) is 11.8 Å². The maximum absolute atomic E-state index is 13.4. The molecule has 0 amide bonds. The zero-order chi connectivity index (χ0) is 12.1. The van der Waals surface area contributed by atoms with Crippen LogP contribution >= 0.6 is 11.8 Å². The molecule has 1 rings (SSSR count). The van der Waals surface area contributed by atoms with Gasteiger partial charge in [0, 0.05) is 11.8 Å². The molecule has 16 heavy (non-hydrogen) atoms. The first kappa shape index (κ1) is 12.8. The number of benzene rings is 1. The normalized spacial score (nSPS) is 12.2. The van der Waals surface area contributed by atoms with E-state index in [9.17, 15) is 9.18 Å². The van der Waals surface area contributed by atoms with Crippen molar-refractivity contribution in [2.75, 3.05) is 18.1 Å². The van der Waals surface area contributed by atoms with Gasteiger partial charge in [-0.1, -0.05) is 6.92 Å². The van der Waals surface area contributed by atoms with E-state index in [2.05, 4.69) is 5.32 Å². The molecule has 1 aromatic rings. The van der Waals surface area contributed by atoms with Crippen molar-refractivity contribution >= 4 is 23.4 Å². The lowest BCUT2D eigenvalue weighted by Crippen LogP contribution is -2.13. The second kappa shape index (κ2) is 5.75. The first-order valence-corrected chi connectivity index (χ1v) is 6.13. The van der Waals surface area contributed by atoms with Crippen molar-refractivity contribution in [2.45, 2.75) is 12.2 Å². The minimum atomic E-state index is -1.12. The highest BCUT2D eigenvalue weighted by Crippen LogP contribution is 2.16. The average molecular weight is 243 g/mol. The van der Waals surface area contributed by atoms with E-state index in [1.807, 2.05) is 13.2 Å². The second-order valence-corrected chi connectivity index (χ2v) is 4.70. The molecule has 0 radical (unpaired) electrons. The minimum absolute atomic E-state index is 0.0408. The number of thioether (sulfide) groups is 1. The summed E-state index contributed by atoms with van der Waals surface area (Å²) in [5, 5.41) is 12.0. The van der Waals surface area contributed by atoms with Gasteiger partial charge >= 0.3 is 5.97 Å². The molecule has 3 nitrogen and oxygen atoms in total. The fourth-order valence-corrected chi connectivity index (χ4v) is 1.38. The van der Waals surface area contributed by atoms with Crippen LogP contribution in [0.3, 0.4) is 0 Å². The minimum Gasteiger partial charge on any atom is -0.478 e. The monoisotopic (exact) mass is 243 g/mol. The summed E-state index contributed by atoms with van der Waals surface area (Å²) in [4.78, 5) is 10.6. The van der Waals surface area contributed by atoms with Gasteiger partial charge in [0.25, 0.3) is 0 Å². The molecule has 2 N–H and O–H groups in total. The Hall–Kier alpha value is -1.23. The van der Waals surface area contributed by atoms with E-state index in [0.717, 1.165) is 6.07 Å². The second-order valence-electron chi connectivity index (χ2n) is 3.43. The van der Waals surface area contributed by atoms with Gasteiger partial charge in [0.15, 0.2) is 0 Å². The van der Waals surface area contributed by atoms with Crippen LogP contribution in [0, 0.1) is 5.82 Å². The van der Waals surface area contributed by atoms with Crippen LogP contribution < -0.4 is 5.32 Å². The highest BCUT2D eigenvalue weighted by Gasteiger charge is 2.08. The predicted octanol–water partition coefficient (Wildman–Crippen LogP) is 2.69. The zero-order valence-electron chi connectivity index (χ0n) is 9.16. The molecule has 1 aromatic carbocycles. The Morgan fingerprint density at radius 2 is 2.31 bits per heavy atom. The van der Waals surface area contributed by atoms with Crippen LogP contribution in [0.1, 0.15) is 17.3 Å². The predicted molar refractivity (Wildman–Crippen MR) is 64.8 cm³/mol. The fourth-order valence-electron chi connectivity index (χ4n) is 1.13. The van der Waals surface area contributed by atoms with Gasteiger partial charge in [-0.05, 0) is 24.5 Å². The first-order chi connectivity index (χ1) is 7.54. The Morgan fingerprint density at radius 3 is 2.81 bits per heavy atom. The van der Waals surface area contributed by atoms with Crippen LogP contribution in [0.15, 0.2) is 18.2 Å². The number of anilines is 1. The smallest absolute Gasteiger partial charge is 0.335 e. The largest absolute Gasteiger partial charge is 0.478 e. The number of carbonyl (C=O) groups is 1. The van der Waals surface area contributed by atoms with Crippen molar-refractivity contribution in [3.05, 3.63) is 29.6 Å². The third-order valence-corrected chi connectivity index (χ3v) is 3.17. The maximum Gasteiger partial charge on any atom is 0.335 e. The van der Waals surface area contributed by atoms with Crippen LogP contribution in [0.4, 0.5) is 10.1 Å². The molecular weight excluding hydrogens is 229 g/mol. The summed E-state index contributed by atoms with van der Waals surface area (Å²) in [6.07, 6.45) is 1.98. The van der Waals surface area contributed by atoms with Crippen molar-refractivity contribution in [1.82, 2.24) is 0 Å². The van der Waals surface area contributed by atoms with E-state index in [1.165, 1.54) is 12.1 Å². The molecule has 0 aliphatic heterocycles. The molecule has 0 saturated heterocycles. The molecule has 0 fully saturated rings. The number of carboxylic acids is 1.